The molecule has 102 valence electrons. The zero-order valence-corrected chi connectivity index (χ0v) is 11.6. The van der Waals surface area contributed by atoms with E-state index in [1.165, 1.54) is 17.7 Å². The normalized spacial score (nSPS) is 10.6. The van der Waals surface area contributed by atoms with Gasteiger partial charge in [-0.25, -0.2) is 14.8 Å². The molecule has 19 heavy (non-hydrogen) atoms. The van der Waals surface area contributed by atoms with E-state index in [4.69, 9.17) is 9.47 Å². The Bertz CT molecular complexity index is 570. The monoisotopic (exact) mass is 281 g/mol. The SMILES string of the molecule is CCOC(=O)c1csc2ncnc(NCCOC)c12. The average Bonchev–Trinajstić information content (AvgIpc) is 2.84. The van der Waals surface area contributed by atoms with Crippen LogP contribution >= 0.6 is 11.3 Å². The minimum absolute atomic E-state index is 0.344. The van der Waals surface area contributed by atoms with Crippen LogP contribution in [0.15, 0.2) is 11.7 Å². The lowest BCUT2D eigenvalue weighted by Crippen LogP contribution is -2.10. The highest BCUT2D eigenvalue weighted by molar-refractivity contribution is 7.17. The Morgan fingerprint density at radius 2 is 2.32 bits per heavy atom. The number of carbonyl (C=O) groups is 1. The van der Waals surface area contributed by atoms with Crippen LogP contribution in [-0.4, -0.2) is 42.8 Å². The first-order chi connectivity index (χ1) is 9.27. The minimum atomic E-state index is -0.349. The van der Waals surface area contributed by atoms with Gasteiger partial charge in [-0.15, -0.1) is 11.3 Å². The van der Waals surface area contributed by atoms with Crippen molar-refractivity contribution in [2.75, 3.05) is 32.2 Å². The summed E-state index contributed by atoms with van der Waals surface area (Å²) in [5, 5.41) is 5.59. The molecule has 0 aliphatic heterocycles. The Balaban J connectivity index is 2.34. The number of hydrogen-bond acceptors (Lipinski definition) is 7. The van der Waals surface area contributed by atoms with Gasteiger partial charge in [-0.05, 0) is 6.92 Å². The number of anilines is 1. The Morgan fingerprint density at radius 1 is 1.47 bits per heavy atom. The molecule has 0 atom stereocenters. The van der Waals surface area contributed by atoms with Crippen molar-refractivity contribution < 1.29 is 14.3 Å². The molecule has 0 aliphatic rings. The summed E-state index contributed by atoms with van der Waals surface area (Å²) in [7, 11) is 1.63. The minimum Gasteiger partial charge on any atom is -0.462 e. The molecule has 0 fully saturated rings. The molecule has 0 aliphatic carbocycles. The van der Waals surface area contributed by atoms with Crippen LogP contribution in [0.4, 0.5) is 5.82 Å². The molecule has 2 aromatic rings. The fourth-order valence-electron chi connectivity index (χ4n) is 1.64. The third-order valence-electron chi connectivity index (χ3n) is 2.46. The van der Waals surface area contributed by atoms with Crippen molar-refractivity contribution in [1.82, 2.24) is 9.97 Å². The topological polar surface area (TPSA) is 73.3 Å². The van der Waals surface area contributed by atoms with E-state index in [-0.39, 0.29) is 5.97 Å². The first-order valence-electron chi connectivity index (χ1n) is 5.90. The molecule has 2 aromatic heterocycles. The number of rotatable bonds is 6. The molecular weight excluding hydrogens is 266 g/mol. The van der Waals surface area contributed by atoms with Crippen LogP contribution < -0.4 is 5.32 Å². The van der Waals surface area contributed by atoms with Gasteiger partial charge in [0.1, 0.15) is 17.0 Å². The van der Waals surface area contributed by atoms with Crippen LogP contribution in [0.3, 0.4) is 0 Å². The van der Waals surface area contributed by atoms with Crippen LogP contribution in [-0.2, 0) is 9.47 Å². The summed E-state index contributed by atoms with van der Waals surface area (Å²) in [5.41, 5.74) is 0.502. The second-order valence-electron chi connectivity index (χ2n) is 3.69. The number of fused-ring (bicyclic) bond motifs is 1. The summed E-state index contributed by atoms with van der Waals surface area (Å²) in [4.78, 5) is 21.0. The van der Waals surface area contributed by atoms with Gasteiger partial charge in [0.2, 0.25) is 0 Å². The van der Waals surface area contributed by atoms with Crippen molar-refractivity contribution in [2.24, 2.45) is 0 Å². The van der Waals surface area contributed by atoms with Gasteiger partial charge < -0.3 is 14.8 Å². The van der Waals surface area contributed by atoms with Gasteiger partial charge in [-0.1, -0.05) is 0 Å². The van der Waals surface area contributed by atoms with E-state index < -0.39 is 0 Å². The maximum Gasteiger partial charge on any atom is 0.339 e. The number of hydrogen-bond donors (Lipinski definition) is 1. The molecule has 2 rings (SSSR count). The standard InChI is InChI=1S/C12H15N3O3S/c1-3-18-12(16)8-6-19-11-9(8)10(14-7-15-11)13-4-5-17-2/h6-7H,3-5H2,1-2H3,(H,13,14,15). The number of ether oxygens (including phenoxy) is 2. The quantitative estimate of drug-likeness (QED) is 0.644. The maximum absolute atomic E-state index is 11.9. The molecule has 0 spiro atoms. The Morgan fingerprint density at radius 3 is 3.05 bits per heavy atom. The van der Waals surface area contributed by atoms with Gasteiger partial charge in [-0.2, -0.15) is 0 Å². The third-order valence-corrected chi connectivity index (χ3v) is 3.35. The van der Waals surface area contributed by atoms with E-state index in [1.807, 2.05) is 0 Å². The van der Waals surface area contributed by atoms with Gasteiger partial charge in [0.25, 0.3) is 0 Å². The zero-order valence-electron chi connectivity index (χ0n) is 10.8. The number of thiophene rings is 1. The van der Waals surface area contributed by atoms with Crippen molar-refractivity contribution in [2.45, 2.75) is 6.92 Å². The predicted molar refractivity (Wildman–Crippen MR) is 73.7 cm³/mol. The number of aromatic nitrogens is 2. The van der Waals surface area contributed by atoms with Crippen molar-refractivity contribution in [3.63, 3.8) is 0 Å². The highest BCUT2D eigenvalue weighted by Gasteiger charge is 2.17. The fourth-order valence-corrected chi connectivity index (χ4v) is 2.52. The van der Waals surface area contributed by atoms with Gasteiger partial charge >= 0.3 is 5.97 Å². The lowest BCUT2D eigenvalue weighted by Gasteiger charge is -2.07. The molecule has 0 amide bonds. The molecular formula is C12H15N3O3S. The average molecular weight is 281 g/mol. The summed E-state index contributed by atoms with van der Waals surface area (Å²) in [6, 6.07) is 0. The van der Waals surface area contributed by atoms with Gasteiger partial charge in [-0.3, -0.25) is 0 Å². The lowest BCUT2D eigenvalue weighted by atomic mass is 10.2. The van der Waals surface area contributed by atoms with E-state index in [1.54, 1.807) is 19.4 Å². The molecule has 0 radical (unpaired) electrons. The zero-order chi connectivity index (χ0) is 13.7. The summed E-state index contributed by atoms with van der Waals surface area (Å²) < 4.78 is 10.0. The highest BCUT2D eigenvalue weighted by atomic mass is 32.1. The van der Waals surface area contributed by atoms with Crippen LogP contribution in [0, 0.1) is 0 Å². The third kappa shape index (κ3) is 2.99. The van der Waals surface area contributed by atoms with Gasteiger partial charge in [0.15, 0.2) is 0 Å². The molecule has 0 bridgehead atoms. The van der Waals surface area contributed by atoms with E-state index in [2.05, 4.69) is 15.3 Å². The predicted octanol–water partition coefficient (Wildman–Crippen LogP) is 1.93. The molecule has 0 aromatic carbocycles. The molecule has 6 nitrogen and oxygen atoms in total. The molecule has 7 heteroatoms. The number of carbonyl (C=O) groups excluding carboxylic acids is 1. The Labute approximate surface area is 114 Å². The number of nitrogens with zero attached hydrogens (tertiary/aromatic N) is 2. The summed E-state index contributed by atoms with van der Waals surface area (Å²) in [5.74, 6) is 0.282. The molecule has 2 heterocycles. The summed E-state index contributed by atoms with van der Waals surface area (Å²) >= 11 is 1.40. The van der Waals surface area contributed by atoms with Crippen LogP contribution in [0.1, 0.15) is 17.3 Å². The molecule has 0 unspecified atom stereocenters. The largest absolute Gasteiger partial charge is 0.462 e. The Kier molecular flexibility index (Phi) is 4.64. The van der Waals surface area contributed by atoms with Gasteiger partial charge in [0, 0.05) is 19.0 Å². The van der Waals surface area contributed by atoms with Crippen molar-refractivity contribution >= 4 is 33.3 Å². The number of nitrogens with one attached hydrogen (secondary N) is 1. The van der Waals surface area contributed by atoms with Crippen LogP contribution in [0.25, 0.3) is 10.2 Å². The molecule has 0 saturated heterocycles. The van der Waals surface area contributed by atoms with Crippen molar-refractivity contribution in [3.05, 3.63) is 17.3 Å². The van der Waals surface area contributed by atoms with E-state index in [0.717, 1.165) is 4.83 Å². The molecule has 0 saturated carbocycles. The van der Waals surface area contributed by atoms with Crippen molar-refractivity contribution in [3.8, 4) is 0 Å². The number of esters is 1. The molecule has 1 N–H and O–H groups in total. The van der Waals surface area contributed by atoms with E-state index in [0.29, 0.717) is 36.5 Å². The second kappa shape index (κ2) is 6.44. The maximum atomic E-state index is 11.9. The van der Waals surface area contributed by atoms with Crippen LogP contribution in [0.5, 0.6) is 0 Å². The van der Waals surface area contributed by atoms with Crippen LogP contribution in [0.2, 0.25) is 0 Å². The van der Waals surface area contributed by atoms with Crippen molar-refractivity contribution in [1.29, 1.82) is 0 Å². The first-order valence-corrected chi connectivity index (χ1v) is 6.78. The Hall–Kier alpha value is -1.73. The first kappa shape index (κ1) is 13.7. The van der Waals surface area contributed by atoms with E-state index in [9.17, 15) is 4.79 Å². The lowest BCUT2D eigenvalue weighted by molar-refractivity contribution is 0.0529. The summed E-state index contributed by atoms with van der Waals surface area (Å²) in [6.45, 7) is 3.29. The fraction of sp³-hybridized carbons (Fsp3) is 0.417. The summed E-state index contributed by atoms with van der Waals surface area (Å²) in [6.07, 6.45) is 1.48. The highest BCUT2D eigenvalue weighted by Crippen LogP contribution is 2.29. The number of methoxy groups -OCH3 is 1. The smallest absolute Gasteiger partial charge is 0.339 e. The van der Waals surface area contributed by atoms with E-state index >= 15 is 0 Å². The second-order valence-corrected chi connectivity index (χ2v) is 4.55. The van der Waals surface area contributed by atoms with Gasteiger partial charge in [0.05, 0.1) is 24.2 Å².